The molecular weight excluding hydrogens is 380 g/mol. The largest absolute Gasteiger partial charge is 0.494 e. The Balaban J connectivity index is 1.56. The zero-order valence-corrected chi connectivity index (χ0v) is 16.8. The number of nitrogens with zero attached hydrogens (tertiary/aromatic N) is 1. The number of ether oxygens (including phenoxy) is 2. The van der Waals surface area contributed by atoms with Crippen LogP contribution in [0.4, 0.5) is 0 Å². The van der Waals surface area contributed by atoms with E-state index in [4.69, 9.17) is 13.9 Å². The molecule has 4 rings (SSSR count). The van der Waals surface area contributed by atoms with Gasteiger partial charge in [-0.25, -0.2) is 5.43 Å². The molecule has 1 N–H and O–H groups in total. The maximum absolute atomic E-state index is 12.5. The fraction of sp³-hybridized carbons (Fsp3) is 0.167. The summed E-state index contributed by atoms with van der Waals surface area (Å²) in [5.74, 6) is 1.19. The normalized spacial score (nSPS) is 11.3. The first-order chi connectivity index (χ1) is 14.7. The quantitative estimate of drug-likeness (QED) is 0.343. The van der Waals surface area contributed by atoms with Crippen molar-refractivity contribution >= 4 is 33.9 Å². The molecule has 1 amide bonds. The number of rotatable bonds is 7. The number of nitrogens with one attached hydrogen (secondary N) is 1. The molecule has 0 aliphatic rings. The van der Waals surface area contributed by atoms with Crippen LogP contribution in [0.1, 0.15) is 30.0 Å². The Bertz CT molecular complexity index is 1230. The maximum atomic E-state index is 12.5. The van der Waals surface area contributed by atoms with Crippen molar-refractivity contribution in [2.45, 2.75) is 13.8 Å². The summed E-state index contributed by atoms with van der Waals surface area (Å²) < 4.78 is 16.8. The third kappa shape index (κ3) is 3.98. The van der Waals surface area contributed by atoms with E-state index in [1.165, 1.54) is 0 Å². The standard InChI is InChI=1S/C24H22N2O4/c1-3-28-18-10-12-21-17(13-18)14-23(30-21)24(27)26-25-15-20-19-8-6-5-7-16(19)9-11-22(20)29-4-2/h5-15H,3-4H2,1-2H3,(H,26,27)/b25-15+. The average Bonchev–Trinajstić information content (AvgIpc) is 3.19. The first-order valence-corrected chi connectivity index (χ1v) is 9.84. The molecule has 30 heavy (non-hydrogen) atoms. The van der Waals surface area contributed by atoms with Gasteiger partial charge in [0.25, 0.3) is 0 Å². The van der Waals surface area contributed by atoms with E-state index < -0.39 is 5.91 Å². The Morgan fingerprint density at radius 1 is 1.00 bits per heavy atom. The number of hydrogen-bond acceptors (Lipinski definition) is 5. The van der Waals surface area contributed by atoms with Gasteiger partial charge in [0.05, 0.1) is 19.4 Å². The third-order valence-corrected chi connectivity index (χ3v) is 4.61. The highest BCUT2D eigenvalue weighted by Gasteiger charge is 2.13. The van der Waals surface area contributed by atoms with Gasteiger partial charge in [-0.15, -0.1) is 0 Å². The molecule has 0 unspecified atom stereocenters. The van der Waals surface area contributed by atoms with E-state index in [1.807, 2.05) is 62.4 Å². The molecule has 0 bridgehead atoms. The fourth-order valence-corrected chi connectivity index (χ4v) is 3.29. The van der Waals surface area contributed by atoms with Crippen LogP contribution in [0.15, 0.2) is 70.2 Å². The van der Waals surface area contributed by atoms with Crippen molar-refractivity contribution in [2.75, 3.05) is 13.2 Å². The van der Waals surface area contributed by atoms with Crippen molar-refractivity contribution in [3.05, 3.63) is 72.0 Å². The van der Waals surface area contributed by atoms with Crippen molar-refractivity contribution < 1.29 is 18.7 Å². The van der Waals surface area contributed by atoms with Gasteiger partial charge >= 0.3 is 5.91 Å². The molecule has 0 saturated heterocycles. The van der Waals surface area contributed by atoms with Gasteiger partial charge in [0.2, 0.25) is 0 Å². The summed E-state index contributed by atoms with van der Waals surface area (Å²) >= 11 is 0. The molecule has 1 heterocycles. The first kappa shape index (κ1) is 19.5. The van der Waals surface area contributed by atoms with Gasteiger partial charge in [-0.1, -0.05) is 30.3 Å². The van der Waals surface area contributed by atoms with Crippen molar-refractivity contribution in [3.8, 4) is 11.5 Å². The van der Waals surface area contributed by atoms with Gasteiger partial charge in [0.15, 0.2) is 5.76 Å². The molecule has 0 aliphatic heterocycles. The number of amides is 1. The minimum atomic E-state index is -0.432. The Hall–Kier alpha value is -3.80. The zero-order valence-electron chi connectivity index (χ0n) is 16.8. The van der Waals surface area contributed by atoms with Crippen LogP contribution >= 0.6 is 0 Å². The molecule has 0 atom stereocenters. The summed E-state index contributed by atoms with van der Waals surface area (Å²) in [7, 11) is 0. The molecule has 0 radical (unpaired) electrons. The summed E-state index contributed by atoms with van der Waals surface area (Å²) in [6, 6.07) is 19.0. The Labute approximate surface area is 174 Å². The van der Waals surface area contributed by atoms with Crippen LogP contribution in [-0.2, 0) is 0 Å². The van der Waals surface area contributed by atoms with Crippen molar-refractivity contribution in [3.63, 3.8) is 0 Å². The number of hydrazone groups is 1. The molecule has 6 nitrogen and oxygen atoms in total. The van der Waals surface area contributed by atoms with E-state index in [0.717, 1.165) is 27.5 Å². The molecule has 0 saturated carbocycles. The minimum absolute atomic E-state index is 0.179. The molecule has 152 valence electrons. The average molecular weight is 402 g/mol. The van der Waals surface area contributed by atoms with Crippen molar-refractivity contribution in [2.24, 2.45) is 5.10 Å². The van der Waals surface area contributed by atoms with Gasteiger partial charge in [0.1, 0.15) is 17.1 Å². The van der Waals surface area contributed by atoms with E-state index in [-0.39, 0.29) is 5.76 Å². The topological polar surface area (TPSA) is 73.1 Å². The molecule has 0 aliphatic carbocycles. The Morgan fingerprint density at radius 3 is 2.67 bits per heavy atom. The fourth-order valence-electron chi connectivity index (χ4n) is 3.29. The summed E-state index contributed by atoms with van der Waals surface area (Å²) in [4.78, 5) is 12.5. The highest BCUT2D eigenvalue weighted by atomic mass is 16.5. The zero-order chi connectivity index (χ0) is 20.9. The number of furan rings is 1. The number of carbonyl (C=O) groups is 1. The molecular formula is C24H22N2O4. The molecule has 0 fully saturated rings. The van der Waals surface area contributed by atoms with Crippen LogP contribution in [0.5, 0.6) is 11.5 Å². The molecule has 6 heteroatoms. The van der Waals surface area contributed by atoms with Gasteiger partial charge in [-0.3, -0.25) is 4.79 Å². The number of hydrogen-bond donors (Lipinski definition) is 1. The Kier molecular flexibility index (Phi) is 5.66. The number of carbonyl (C=O) groups excluding carboxylic acids is 1. The van der Waals surface area contributed by atoms with Gasteiger partial charge in [-0.05, 0) is 55.0 Å². The summed E-state index contributed by atoms with van der Waals surface area (Å²) in [6.07, 6.45) is 1.60. The molecule has 4 aromatic rings. The van der Waals surface area contributed by atoms with Gasteiger partial charge in [0, 0.05) is 10.9 Å². The second-order valence-electron chi connectivity index (χ2n) is 6.57. The van der Waals surface area contributed by atoms with E-state index in [9.17, 15) is 4.79 Å². The van der Waals surface area contributed by atoms with Crippen LogP contribution in [-0.4, -0.2) is 25.3 Å². The molecule has 0 spiro atoms. The van der Waals surface area contributed by atoms with Crippen molar-refractivity contribution in [1.82, 2.24) is 5.43 Å². The summed E-state index contributed by atoms with van der Waals surface area (Å²) in [5.41, 5.74) is 3.95. The maximum Gasteiger partial charge on any atom is 0.307 e. The first-order valence-electron chi connectivity index (χ1n) is 9.84. The lowest BCUT2D eigenvalue weighted by molar-refractivity contribution is 0.0929. The van der Waals surface area contributed by atoms with Crippen LogP contribution < -0.4 is 14.9 Å². The SMILES string of the molecule is CCOc1ccc2oc(C(=O)N/N=C/c3c(OCC)ccc4ccccc34)cc2c1. The van der Waals surface area contributed by atoms with Crippen LogP contribution in [0.3, 0.4) is 0 Å². The second-order valence-corrected chi connectivity index (χ2v) is 6.57. The van der Waals surface area contributed by atoms with Crippen molar-refractivity contribution in [1.29, 1.82) is 0 Å². The van der Waals surface area contributed by atoms with E-state index in [1.54, 1.807) is 18.3 Å². The van der Waals surface area contributed by atoms with Gasteiger partial charge in [-0.2, -0.15) is 5.10 Å². The molecule has 3 aromatic carbocycles. The predicted molar refractivity (Wildman–Crippen MR) is 118 cm³/mol. The number of fused-ring (bicyclic) bond motifs is 2. The lowest BCUT2D eigenvalue weighted by Gasteiger charge is -2.10. The van der Waals surface area contributed by atoms with Crippen LogP contribution in [0.25, 0.3) is 21.7 Å². The lowest BCUT2D eigenvalue weighted by atomic mass is 10.0. The highest BCUT2D eigenvalue weighted by molar-refractivity contribution is 6.03. The van der Waals surface area contributed by atoms with E-state index in [0.29, 0.717) is 24.5 Å². The summed E-state index contributed by atoms with van der Waals surface area (Å²) in [5, 5.41) is 6.99. The van der Waals surface area contributed by atoms with E-state index >= 15 is 0 Å². The predicted octanol–water partition coefficient (Wildman–Crippen LogP) is 5.15. The van der Waals surface area contributed by atoms with Crippen LogP contribution in [0, 0.1) is 0 Å². The smallest absolute Gasteiger partial charge is 0.307 e. The third-order valence-electron chi connectivity index (χ3n) is 4.61. The lowest BCUT2D eigenvalue weighted by Crippen LogP contribution is -2.16. The second kappa shape index (κ2) is 8.69. The Morgan fingerprint density at radius 2 is 1.83 bits per heavy atom. The molecule has 1 aromatic heterocycles. The monoisotopic (exact) mass is 402 g/mol. The summed E-state index contributed by atoms with van der Waals surface area (Å²) in [6.45, 7) is 4.96. The van der Waals surface area contributed by atoms with E-state index in [2.05, 4.69) is 10.5 Å². The number of benzene rings is 3. The minimum Gasteiger partial charge on any atom is -0.494 e. The van der Waals surface area contributed by atoms with Crippen LogP contribution in [0.2, 0.25) is 0 Å². The van der Waals surface area contributed by atoms with Gasteiger partial charge < -0.3 is 13.9 Å². The highest BCUT2D eigenvalue weighted by Crippen LogP contribution is 2.27.